The van der Waals surface area contributed by atoms with Crippen molar-refractivity contribution >= 4 is 33.1 Å². The summed E-state index contributed by atoms with van der Waals surface area (Å²) in [7, 11) is 0. The van der Waals surface area contributed by atoms with Crippen molar-refractivity contribution in [3.8, 4) is 0 Å². The fourth-order valence-electron chi connectivity index (χ4n) is 3.34. The summed E-state index contributed by atoms with van der Waals surface area (Å²) >= 11 is 1.50. The minimum absolute atomic E-state index is 0.0621. The molecule has 1 fully saturated rings. The average Bonchev–Trinajstić information content (AvgIpc) is 3.09. The molecule has 2 N–H and O–H groups in total. The maximum absolute atomic E-state index is 12.6. The number of amides is 1. The third-order valence-corrected chi connectivity index (χ3v) is 5.52. The Balaban J connectivity index is 1.59. The first kappa shape index (κ1) is 16.9. The monoisotopic (exact) mass is 369 g/mol. The molecule has 1 aliphatic rings. The second-order valence-corrected chi connectivity index (χ2v) is 7.39. The van der Waals surface area contributed by atoms with Gasteiger partial charge in [0, 0.05) is 11.6 Å². The molecule has 7 heteroatoms. The van der Waals surface area contributed by atoms with E-state index in [1.807, 2.05) is 18.2 Å². The second-order valence-electron chi connectivity index (χ2n) is 6.51. The highest BCUT2D eigenvalue weighted by atomic mass is 32.1. The predicted molar refractivity (Wildman–Crippen MR) is 102 cm³/mol. The Bertz CT molecular complexity index is 1020. The molecular weight excluding hydrogens is 350 g/mol. The summed E-state index contributed by atoms with van der Waals surface area (Å²) in [6.07, 6.45) is 1.87. The Kier molecular flexibility index (Phi) is 4.57. The Labute approximate surface area is 154 Å². The number of aromatic nitrogens is 1. The Morgan fingerprint density at radius 3 is 2.88 bits per heavy atom. The summed E-state index contributed by atoms with van der Waals surface area (Å²) in [5, 5.41) is 6.08. The number of benzene rings is 1. The molecular formula is C19H19N3O3S. The van der Waals surface area contributed by atoms with Gasteiger partial charge < -0.3 is 15.1 Å². The van der Waals surface area contributed by atoms with Crippen LogP contribution in [0.5, 0.6) is 0 Å². The van der Waals surface area contributed by atoms with Crippen LogP contribution in [0.15, 0.2) is 39.0 Å². The third kappa shape index (κ3) is 3.27. The number of thiazole rings is 1. The molecule has 6 nitrogen and oxygen atoms in total. The van der Waals surface area contributed by atoms with Crippen LogP contribution in [0.2, 0.25) is 0 Å². The molecule has 4 rings (SSSR count). The zero-order valence-corrected chi connectivity index (χ0v) is 15.2. The van der Waals surface area contributed by atoms with Crippen molar-refractivity contribution in [3.05, 3.63) is 57.1 Å². The summed E-state index contributed by atoms with van der Waals surface area (Å²) < 4.78 is 6.47. The zero-order valence-electron chi connectivity index (χ0n) is 14.4. The Morgan fingerprint density at radius 2 is 2.12 bits per heavy atom. The number of nitrogens with one attached hydrogen (secondary N) is 2. The average molecular weight is 369 g/mol. The molecule has 0 unspecified atom stereocenters. The molecule has 2 aromatic heterocycles. The van der Waals surface area contributed by atoms with Crippen LogP contribution in [0.25, 0.3) is 10.2 Å². The van der Waals surface area contributed by atoms with E-state index < -0.39 is 11.5 Å². The zero-order chi connectivity index (χ0) is 18.1. The summed E-state index contributed by atoms with van der Waals surface area (Å²) in [5.41, 5.74) is 3.41. The highest BCUT2D eigenvalue weighted by molar-refractivity contribution is 7.16. The van der Waals surface area contributed by atoms with Crippen molar-refractivity contribution in [2.45, 2.75) is 25.7 Å². The predicted octanol–water partition coefficient (Wildman–Crippen LogP) is 3.28. The maximum atomic E-state index is 12.6. The number of piperidine rings is 1. The number of hydrogen-bond donors (Lipinski definition) is 2. The summed E-state index contributed by atoms with van der Waals surface area (Å²) in [6.45, 7) is 3.61. The molecule has 1 saturated heterocycles. The molecule has 0 aliphatic carbocycles. The molecule has 0 spiro atoms. The molecule has 0 atom stereocenters. The Hall–Kier alpha value is -2.51. The SMILES string of the molecule is Cc1cc(C2CCNCC2)oc(=O)c1C(=O)Nc1ccc2ncsc2c1. The van der Waals surface area contributed by atoms with Crippen molar-refractivity contribution in [1.29, 1.82) is 0 Å². The van der Waals surface area contributed by atoms with Crippen LogP contribution >= 0.6 is 11.3 Å². The minimum atomic E-state index is -0.574. The highest BCUT2D eigenvalue weighted by Crippen LogP contribution is 2.26. The van der Waals surface area contributed by atoms with Gasteiger partial charge in [0.25, 0.3) is 5.91 Å². The van der Waals surface area contributed by atoms with E-state index in [1.54, 1.807) is 18.5 Å². The molecule has 0 bridgehead atoms. The smallest absolute Gasteiger partial charge is 0.349 e. The first-order valence-electron chi connectivity index (χ1n) is 8.62. The third-order valence-electron chi connectivity index (χ3n) is 4.73. The van der Waals surface area contributed by atoms with Gasteiger partial charge >= 0.3 is 5.63 Å². The summed E-state index contributed by atoms with van der Waals surface area (Å²) in [4.78, 5) is 29.3. The van der Waals surface area contributed by atoms with Gasteiger partial charge in [-0.3, -0.25) is 4.79 Å². The van der Waals surface area contributed by atoms with Crippen molar-refractivity contribution in [2.24, 2.45) is 0 Å². The normalized spacial score (nSPS) is 15.3. The van der Waals surface area contributed by atoms with E-state index in [0.717, 1.165) is 36.1 Å². The van der Waals surface area contributed by atoms with Crippen LogP contribution in [0, 0.1) is 6.92 Å². The van der Waals surface area contributed by atoms with Gasteiger partial charge in [-0.25, -0.2) is 9.78 Å². The van der Waals surface area contributed by atoms with Crippen LogP contribution in [0.1, 0.15) is 40.4 Å². The highest BCUT2D eigenvalue weighted by Gasteiger charge is 2.22. The van der Waals surface area contributed by atoms with Crippen LogP contribution < -0.4 is 16.3 Å². The lowest BCUT2D eigenvalue weighted by atomic mass is 9.94. The fraction of sp³-hybridized carbons (Fsp3) is 0.316. The van der Waals surface area contributed by atoms with E-state index in [1.165, 1.54) is 11.3 Å². The molecule has 3 aromatic rings. The number of anilines is 1. The maximum Gasteiger partial charge on any atom is 0.349 e. The lowest BCUT2D eigenvalue weighted by molar-refractivity contribution is 0.102. The molecule has 134 valence electrons. The van der Waals surface area contributed by atoms with Gasteiger partial charge in [-0.05, 0) is 62.7 Å². The van der Waals surface area contributed by atoms with E-state index in [4.69, 9.17) is 4.42 Å². The molecule has 26 heavy (non-hydrogen) atoms. The van der Waals surface area contributed by atoms with Crippen molar-refractivity contribution in [2.75, 3.05) is 18.4 Å². The van der Waals surface area contributed by atoms with Gasteiger partial charge in [0.15, 0.2) is 0 Å². The first-order chi connectivity index (χ1) is 12.6. The lowest BCUT2D eigenvalue weighted by Crippen LogP contribution is -2.28. The fourth-order valence-corrected chi connectivity index (χ4v) is 4.06. The first-order valence-corrected chi connectivity index (χ1v) is 9.50. The topological polar surface area (TPSA) is 84.2 Å². The van der Waals surface area contributed by atoms with E-state index in [9.17, 15) is 9.59 Å². The molecule has 3 heterocycles. The molecule has 1 amide bonds. The Morgan fingerprint density at radius 1 is 1.31 bits per heavy atom. The number of nitrogens with zero attached hydrogens (tertiary/aromatic N) is 1. The summed E-state index contributed by atoms with van der Waals surface area (Å²) in [5.74, 6) is 0.460. The van der Waals surface area contributed by atoms with Gasteiger partial charge in [-0.2, -0.15) is 0 Å². The second kappa shape index (κ2) is 7.01. The molecule has 1 aliphatic heterocycles. The van der Waals surface area contributed by atoms with Crippen LogP contribution in [0.4, 0.5) is 5.69 Å². The van der Waals surface area contributed by atoms with E-state index in [0.29, 0.717) is 17.0 Å². The van der Waals surface area contributed by atoms with E-state index in [2.05, 4.69) is 15.6 Å². The number of carbonyl (C=O) groups excluding carboxylic acids is 1. The van der Waals surface area contributed by atoms with Crippen molar-refractivity contribution in [1.82, 2.24) is 10.3 Å². The number of fused-ring (bicyclic) bond motifs is 1. The number of aryl methyl sites for hydroxylation is 1. The van der Waals surface area contributed by atoms with E-state index in [-0.39, 0.29) is 11.5 Å². The minimum Gasteiger partial charge on any atom is -0.427 e. The molecule has 0 saturated carbocycles. The van der Waals surface area contributed by atoms with Crippen LogP contribution in [-0.4, -0.2) is 24.0 Å². The van der Waals surface area contributed by atoms with Gasteiger partial charge in [0.05, 0.1) is 15.7 Å². The standard InChI is InChI=1S/C19H19N3O3S/c1-11-8-15(12-4-6-20-7-5-12)25-19(24)17(11)18(23)22-13-2-3-14-16(9-13)26-10-21-14/h2-3,8-10,12,20H,4-7H2,1H3,(H,22,23). The van der Waals surface area contributed by atoms with Crippen molar-refractivity contribution in [3.63, 3.8) is 0 Å². The largest absolute Gasteiger partial charge is 0.427 e. The molecule has 1 aromatic carbocycles. The van der Waals surface area contributed by atoms with Gasteiger partial charge in [-0.1, -0.05) is 0 Å². The summed E-state index contributed by atoms with van der Waals surface area (Å²) in [6, 6.07) is 7.31. The lowest BCUT2D eigenvalue weighted by Gasteiger charge is -2.21. The van der Waals surface area contributed by atoms with Gasteiger partial charge in [-0.15, -0.1) is 11.3 Å². The van der Waals surface area contributed by atoms with Gasteiger partial charge in [0.2, 0.25) is 0 Å². The van der Waals surface area contributed by atoms with E-state index >= 15 is 0 Å². The number of carbonyl (C=O) groups is 1. The van der Waals surface area contributed by atoms with Gasteiger partial charge in [0.1, 0.15) is 11.3 Å². The number of hydrogen-bond acceptors (Lipinski definition) is 6. The molecule has 0 radical (unpaired) electrons. The number of rotatable bonds is 3. The van der Waals surface area contributed by atoms with Crippen LogP contribution in [0.3, 0.4) is 0 Å². The van der Waals surface area contributed by atoms with Crippen LogP contribution in [-0.2, 0) is 0 Å². The van der Waals surface area contributed by atoms with Crippen molar-refractivity contribution < 1.29 is 9.21 Å². The quantitative estimate of drug-likeness (QED) is 0.740.